The number of allylic oxidation sites excluding steroid dienone is 3. The third-order valence-electron chi connectivity index (χ3n) is 17.8. The zero-order valence-electron chi connectivity index (χ0n) is 54.6. The number of halogens is 2. The Morgan fingerprint density at radius 2 is 1.34 bits per heavy atom. The first-order valence-corrected chi connectivity index (χ1v) is 31.8. The van der Waals surface area contributed by atoms with Crippen molar-refractivity contribution in [3.05, 3.63) is 162 Å². The second kappa shape index (κ2) is 35.0. The summed E-state index contributed by atoms with van der Waals surface area (Å²) in [4.78, 5) is 50.7. The number of para-hydroxylation sites is 2. The number of benzene rings is 4. The fraction of sp³-hybridized carbons (Fsp3) is 0.446. The first-order valence-electron chi connectivity index (χ1n) is 31.8. The summed E-state index contributed by atoms with van der Waals surface area (Å²) >= 11 is 0. The molecule has 6 aromatic rings. The van der Waals surface area contributed by atoms with Gasteiger partial charge < -0.3 is 59.4 Å². The van der Waals surface area contributed by atoms with Gasteiger partial charge in [0.15, 0.2) is 0 Å². The Kier molecular flexibility index (Phi) is 28.8. The Bertz CT molecular complexity index is 3640. The Morgan fingerprint density at radius 1 is 0.785 bits per heavy atom. The van der Waals surface area contributed by atoms with Gasteiger partial charge in [0.2, 0.25) is 0 Å². The predicted octanol–water partition coefficient (Wildman–Crippen LogP) is 7.69. The number of nitrogens with zero attached hydrogens (tertiary/aromatic N) is 2. The molecule has 3 heterocycles. The number of carbonyl (C=O) groups excluding carboxylic acids is 4. The first kappa shape index (κ1) is 76.6. The molecule has 0 amide bonds. The van der Waals surface area contributed by atoms with Gasteiger partial charge in [0.25, 0.3) is 0 Å². The fourth-order valence-electron chi connectivity index (χ4n) is 12.7. The van der Waals surface area contributed by atoms with Gasteiger partial charge in [0, 0.05) is 101 Å². The number of carboxylic acid groups (broad SMARTS) is 2. The summed E-state index contributed by atoms with van der Waals surface area (Å²) in [5, 5.41) is 73.2. The molecule has 10 rings (SSSR count). The van der Waals surface area contributed by atoms with Gasteiger partial charge in [-0.3, -0.25) is 14.6 Å². The molecule has 0 radical (unpaired) electrons. The SMILES string of the molecule is CC(C)n1c(/C=C/[C@@H](O)C[C@@H](O)CC(=O)[O-])c(-c2ccc(F)cc2)c2ccccc21.CCC(C)(C)C(=O)O[C@H]1C[C@@H](C)C=C2C=C[C@H](C)[C@H](CC[C@@H]3C[C@@H](O)CC(=O)O3)[C@H]21.O=C([O-])C[C@H](O)C[C@H](O)/C=C/c1c(C2CC2)nc2ccccc2c1-c1ccc(F)cc1.[Ca+2].[Na+]. The van der Waals surface area contributed by atoms with Crippen molar-refractivity contribution >= 4 is 95.6 Å². The molecule has 19 heteroatoms. The van der Waals surface area contributed by atoms with Crippen LogP contribution in [0.1, 0.15) is 154 Å². The van der Waals surface area contributed by atoms with Gasteiger partial charge in [-0.1, -0.05) is 118 Å². The van der Waals surface area contributed by atoms with Gasteiger partial charge >= 0.3 is 79.2 Å². The van der Waals surface area contributed by atoms with E-state index in [2.05, 4.69) is 50.5 Å². The molecule has 15 nitrogen and oxygen atoms in total. The fourth-order valence-corrected chi connectivity index (χ4v) is 12.7. The van der Waals surface area contributed by atoms with Gasteiger partial charge in [-0.25, -0.2) is 8.78 Å². The number of esters is 2. The maximum atomic E-state index is 13.6. The van der Waals surface area contributed by atoms with Crippen LogP contribution in [0.5, 0.6) is 0 Å². The van der Waals surface area contributed by atoms with Crippen LogP contribution in [-0.2, 0) is 28.7 Å². The molecule has 1 aliphatic heterocycles. The third kappa shape index (κ3) is 20.8. The standard InChI is InChI=1S/C25H24FNO4.C25H38O5.C24H26FNO4.Ca.Na/c26-17-9-7-15(8-10-17)24-20-3-1-2-4-22(20)27-25(16-5-6-16)21(24)12-11-18(28)13-19(29)14-23(30)31;1-6-25(4,5)24(28)30-21-12-15(2)11-17-8-7-16(3)20(23(17)21)10-9-19-13-18(26)14-22(27)29-19;1-15(2)26-21-6-4-3-5-20(21)24(16-7-9-17(25)10-8-16)22(26)12-11-18(27)13-19(28)14-23(29)30;;/h1-4,7-12,16,18-19,28-29H,5-6,13-14H2,(H,30,31);7-8,11,15-16,18-21,23,26H,6,9-10,12-14H2,1-5H3;3-12,15,18-19,27-28H,13-14H2,1-2H3,(H,29,30);;/q;;;+2;+1/p-2/b12-11+;;12-11+;;/t18-,19-;15-,16-,18+,19+,20-,21-,23-;18-,19-;;/m101../s1. The van der Waals surface area contributed by atoms with Gasteiger partial charge in [-0.05, 0) is 143 Å². The van der Waals surface area contributed by atoms with E-state index >= 15 is 0 Å². The Balaban J connectivity index is 0.000000219. The average Bonchev–Trinajstić information content (AvgIpc) is 1.75. The number of aromatic nitrogens is 2. The van der Waals surface area contributed by atoms with E-state index < -0.39 is 60.7 Å². The molecule has 4 aromatic carbocycles. The van der Waals surface area contributed by atoms with E-state index in [-0.39, 0.29) is 134 Å². The molecule has 1 saturated heterocycles. The van der Waals surface area contributed by atoms with Gasteiger partial charge in [-0.2, -0.15) is 0 Å². The van der Waals surface area contributed by atoms with Crippen molar-refractivity contribution in [1.29, 1.82) is 0 Å². The van der Waals surface area contributed by atoms with E-state index in [1.807, 2.05) is 69.3 Å². The van der Waals surface area contributed by atoms with Gasteiger partial charge in [0.05, 0.1) is 53.6 Å². The number of rotatable bonds is 22. The monoisotopic (exact) mass is 1310 g/mol. The van der Waals surface area contributed by atoms with E-state index in [9.17, 15) is 63.7 Å². The number of cyclic esters (lactones) is 1. The van der Waals surface area contributed by atoms with Crippen molar-refractivity contribution in [1.82, 2.24) is 9.55 Å². The maximum Gasteiger partial charge on any atom is 2.00 e. The van der Waals surface area contributed by atoms with E-state index in [0.29, 0.717) is 30.1 Å². The van der Waals surface area contributed by atoms with Crippen LogP contribution in [0, 0.1) is 40.7 Å². The average molecular weight is 1310 g/mol. The molecule has 11 atom stereocenters. The van der Waals surface area contributed by atoms with Crippen molar-refractivity contribution in [3.8, 4) is 22.3 Å². The van der Waals surface area contributed by atoms with Crippen LogP contribution in [0.2, 0.25) is 0 Å². The molecular formula is C74H86CaF2N2NaO13+. The van der Waals surface area contributed by atoms with Gasteiger partial charge in [0.1, 0.15) is 23.8 Å². The molecule has 5 N–H and O–H groups in total. The number of aliphatic hydroxyl groups excluding tert-OH is 5. The zero-order valence-corrected chi connectivity index (χ0v) is 58.8. The van der Waals surface area contributed by atoms with E-state index in [4.69, 9.17) is 14.5 Å². The minimum absolute atomic E-state index is 0. The van der Waals surface area contributed by atoms with Crippen LogP contribution < -0.4 is 39.8 Å². The first-order chi connectivity index (χ1) is 43.3. The van der Waals surface area contributed by atoms with Crippen LogP contribution in [-0.4, -0.2) is 139 Å². The summed E-state index contributed by atoms with van der Waals surface area (Å²) in [6.45, 7) is 14.4. The molecule has 1 saturated carbocycles. The molecule has 0 spiro atoms. The number of aliphatic carboxylic acids is 2. The van der Waals surface area contributed by atoms with Gasteiger partial charge in [-0.15, -0.1) is 0 Å². The molecular weight excluding hydrogens is 1230 g/mol. The van der Waals surface area contributed by atoms with E-state index in [0.717, 1.165) is 99.5 Å². The predicted molar refractivity (Wildman–Crippen MR) is 349 cm³/mol. The van der Waals surface area contributed by atoms with Crippen LogP contribution >= 0.6 is 0 Å². The number of carboxylic acids is 2. The van der Waals surface area contributed by atoms with Crippen LogP contribution in [0.4, 0.5) is 8.78 Å². The number of aliphatic hydroxyl groups is 5. The molecule has 93 heavy (non-hydrogen) atoms. The number of ether oxygens (including phenoxy) is 2. The van der Waals surface area contributed by atoms with Crippen molar-refractivity contribution in [2.45, 2.75) is 180 Å². The summed E-state index contributed by atoms with van der Waals surface area (Å²) in [6.07, 6.45) is 12.6. The third-order valence-corrected chi connectivity index (χ3v) is 17.8. The van der Waals surface area contributed by atoms with Crippen molar-refractivity contribution in [3.63, 3.8) is 0 Å². The summed E-state index contributed by atoms with van der Waals surface area (Å²) in [5.41, 5.74) is 8.77. The number of hydrogen-bond donors (Lipinski definition) is 5. The van der Waals surface area contributed by atoms with E-state index in [1.54, 1.807) is 48.6 Å². The molecule has 0 unspecified atom stereocenters. The zero-order chi connectivity index (χ0) is 65.8. The molecule has 2 aromatic heterocycles. The number of carbonyl (C=O) groups is 4. The molecule has 4 aliphatic rings. The molecule has 486 valence electrons. The summed E-state index contributed by atoms with van der Waals surface area (Å²) in [7, 11) is 0. The van der Waals surface area contributed by atoms with Crippen molar-refractivity contribution < 1.29 is 103 Å². The molecule has 2 fully saturated rings. The Hall–Kier alpha value is -5.41. The number of hydrogen-bond acceptors (Lipinski definition) is 14. The maximum absolute atomic E-state index is 13.6. The second-order valence-electron chi connectivity index (χ2n) is 25.9. The van der Waals surface area contributed by atoms with Crippen LogP contribution in [0.15, 0.2) is 133 Å². The summed E-state index contributed by atoms with van der Waals surface area (Å²) < 4.78 is 40.8. The van der Waals surface area contributed by atoms with Crippen molar-refractivity contribution in [2.75, 3.05) is 0 Å². The summed E-state index contributed by atoms with van der Waals surface area (Å²) in [6, 6.07) is 28.4. The van der Waals surface area contributed by atoms with Crippen molar-refractivity contribution in [2.24, 2.45) is 29.1 Å². The minimum atomic E-state index is -1.36. The van der Waals surface area contributed by atoms with E-state index in [1.165, 1.54) is 29.8 Å². The Morgan fingerprint density at radius 3 is 1.90 bits per heavy atom. The van der Waals surface area contributed by atoms with Crippen LogP contribution in [0.3, 0.4) is 0 Å². The number of fused-ring (bicyclic) bond motifs is 3. The topological polar surface area (TPSA) is 252 Å². The number of pyridine rings is 1. The summed E-state index contributed by atoms with van der Waals surface area (Å²) in [5.74, 6) is -2.27. The quantitative estimate of drug-likeness (QED) is 0.0323. The Labute approximate surface area is 596 Å². The smallest absolute Gasteiger partial charge is 0.550 e. The molecule has 3 aliphatic carbocycles. The second-order valence-corrected chi connectivity index (χ2v) is 25.9. The normalized spacial score (nSPS) is 21.6. The van der Waals surface area contributed by atoms with Crippen LogP contribution in [0.25, 0.3) is 56.2 Å². The minimum Gasteiger partial charge on any atom is -0.550 e. The molecule has 0 bridgehead atoms. The largest absolute Gasteiger partial charge is 2.00 e.